The third-order valence-corrected chi connectivity index (χ3v) is 20.6. The van der Waals surface area contributed by atoms with Gasteiger partial charge in [-0.05, 0) is 0 Å². The second kappa shape index (κ2) is 12.4. The number of amides is 1. The average Bonchev–Trinajstić information content (AvgIpc) is 2.46. The Morgan fingerprint density at radius 1 is 1.00 bits per heavy atom. The summed E-state index contributed by atoms with van der Waals surface area (Å²) in [6.07, 6.45) is 7.96. The van der Waals surface area contributed by atoms with Crippen LogP contribution in [0.25, 0.3) is 0 Å². The fourth-order valence-electron chi connectivity index (χ4n) is 2.99. The molecule has 2 N–H and O–H groups in total. The SMILES string of the molecule is C=[C](CCOC(N)=O)[Sn]([CH2]CCC)([CH2]CCC)[CH2]CCC. The van der Waals surface area contributed by atoms with E-state index in [2.05, 4.69) is 27.4 Å². The molecule has 0 atom stereocenters. The van der Waals surface area contributed by atoms with Crippen LogP contribution in [0.15, 0.2) is 10.2 Å². The van der Waals surface area contributed by atoms with Crippen molar-refractivity contribution in [3.05, 3.63) is 10.2 Å². The summed E-state index contributed by atoms with van der Waals surface area (Å²) in [5.41, 5.74) is 5.05. The molecular weight excluding hydrogens is 369 g/mol. The van der Waals surface area contributed by atoms with Crippen molar-refractivity contribution in [2.24, 2.45) is 5.73 Å². The first kappa shape index (κ1) is 20.8. The van der Waals surface area contributed by atoms with Gasteiger partial charge >= 0.3 is 136 Å². The predicted octanol–water partition coefficient (Wildman–Crippen LogP) is 5.42. The molecule has 0 saturated heterocycles. The fraction of sp³-hybridized carbons (Fsp3) is 0.824. The predicted molar refractivity (Wildman–Crippen MR) is 94.2 cm³/mol. The van der Waals surface area contributed by atoms with Gasteiger partial charge in [-0.1, -0.05) is 0 Å². The Labute approximate surface area is 135 Å². The van der Waals surface area contributed by atoms with Gasteiger partial charge in [-0.3, -0.25) is 0 Å². The van der Waals surface area contributed by atoms with Crippen molar-refractivity contribution < 1.29 is 9.53 Å². The van der Waals surface area contributed by atoms with E-state index in [1.54, 1.807) is 0 Å². The molecule has 0 aromatic carbocycles. The Kier molecular flexibility index (Phi) is 12.2. The molecule has 0 spiro atoms. The van der Waals surface area contributed by atoms with Crippen LogP contribution >= 0.6 is 0 Å². The van der Waals surface area contributed by atoms with Crippen molar-refractivity contribution >= 4 is 24.5 Å². The van der Waals surface area contributed by atoms with Gasteiger partial charge in [-0.15, -0.1) is 0 Å². The van der Waals surface area contributed by atoms with Crippen LogP contribution in [-0.4, -0.2) is 31.1 Å². The van der Waals surface area contributed by atoms with Crippen molar-refractivity contribution in [2.45, 2.75) is 79.0 Å². The first-order valence-corrected chi connectivity index (χ1v) is 16.1. The van der Waals surface area contributed by atoms with Crippen molar-refractivity contribution in [3.63, 3.8) is 0 Å². The number of carbonyl (C=O) groups excluding carboxylic acids is 1. The molecule has 3 nitrogen and oxygen atoms in total. The maximum absolute atomic E-state index is 10.7. The zero-order valence-electron chi connectivity index (χ0n) is 14.4. The van der Waals surface area contributed by atoms with Crippen molar-refractivity contribution in [1.82, 2.24) is 0 Å². The zero-order valence-corrected chi connectivity index (χ0v) is 17.2. The van der Waals surface area contributed by atoms with E-state index in [9.17, 15) is 4.79 Å². The summed E-state index contributed by atoms with van der Waals surface area (Å²) < 4.78 is 10.6. The van der Waals surface area contributed by atoms with E-state index >= 15 is 0 Å². The minimum atomic E-state index is -2.32. The number of primary amides is 1. The van der Waals surface area contributed by atoms with Crippen LogP contribution in [0.2, 0.25) is 13.3 Å². The number of rotatable bonds is 13. The van der Waals surface area contributed by atoms with Gasteiger partial charge in [0.1, 0.15) is 0 Å². The van der Waals surface area contributed by atoms with Crippen LogP contribution in [0.3, 0.4) is 0 Å². The average molecular weight is 404 g/mol. The molecule has 0 aliphatic heterocycles. The van der Waals surface area contributed by atoms with E-state index in [-0.39, 0.29) is 0 Å². The zero-order chi connectivity index (χ0) is 16.1. The Morgan fingerprint density at radius 3 is 1.76 bits per heavy atom. The van der Waals surface area contributed by atoms with Gasteiger partial charge in [0.05, 0.1) is 0 Å². The Hall–Kier alpha value is -0.191. The molecule has 0 heterocycles. The van der Waals surface area contributed by atoms with E-state index < -0.39 is 24.5 Å². The van der Waals surface area contributed by atoms with E-state index in [1.165, 1.54) is 55.4 Å². The molecule has 0 unspecified atom stereocenters. The summed E-state index contributed by atoms with van der Waals surface area (Å²) in [6.45, 7) is 11.7. The van der Waals surface area contributed by atoms with Crippen LogP contribution in [-0.2, 0) is 4.74 Å². The molecule has 0 aromatic heterocycles. The number of unbranched alkanes of at least 4 members (excludes halogenated alkanes) is 3. The van der Waals surface area contributed by atoms with Crippen molar-refractivity contribution in [1.29, 1.82) is 0 Å². The Morgan fingerprint density at radius 2 is 1.43 bits per heavy atom. The minimum absolute atomic E-state index is 0.414. The van der Waals surface area contributed by atoms with Crippen LogP contribution < -0.4 is 5.73 Å². The molecule has 21 heavy (non-hydrogen) atoms. The van der Waals surface area contributed by atoms with Gasteiger partial charge in [0, 0.05) is 0 Å². The quantitative estimate of drug-likeness (QED) is 0.417. The molecule has 0 aliphatic carbocycles. The van der Waals surface area contributed by atoms with Crippen molar-refractivity contribution in [3.8, 4) is 0 Å². The topological polar surface area (TPSA) is 52.3 Å². The monoisotopic (exact) mass is 405 g/mol. The number of hydrogen-bond donors (Lipinski definition) is 1. The molecule has 0 saturated carbocycles. The van der Waals surface area contributed by atoms with Crippen molar-refractivity contribution in [2.75, 3.05) is 6.61 Å². The molecule has 4 heteroatoms. The molecule has 124 valence electrons. The Bertz CT molecular complexity index is 283. The van der Waals surface area contributed by atoms with E-state index in [1.807, 2.05) is 0 Å². The number of ether oxygens (including phenoxy) is 1. The second-order valence-electron chi connectivity index (χ2n) is 6.11. The molecule has 0 rings (SSSR count). The Balaban J connectivity index is 4.82. The summed E-state index contributed by atoms with van der Waals surface area (Å²) in [6, 6.07) is 0. The third-order valence-electron chi connectivity index (χ3n) is 4.42. The molecule has 0 aromatic rings. The third kappa shape index (κ3) is 8.74. The van der Waals surface area contributed by atoms with Crippen LogP contribution in [0.4, 0.5) is 4.79 Å². The summed E-state index contributed by atoms with van der Waals surface area (Å²) in [4.78, 5) is 10.7. The molecular formula is C17H35NO2Sn. The second-order valence-corrected chi connectivity index (χ2v) is 19.7. The molecule has 1 amide bonds. The maximum atomic E-state index is 10.7. The summed E-state index contributed by atoms with van der Waals surface area (Å²) in [5, 5.41) is 0. The van der Waals surface area contributed by atoms with Gasteiger partial charge in [0.25, 0.3) is 0 Å². The van der Waals surface area contributed by atoms with Crippen LogP contribution in [0, 0.1) is 0 Å². The fourth-order valence-corrected chi connectivity index (χ4v) is 18.8. The van der Waals surface area contributed by atoms with Gasteiger partial charge in [-0.2, -0.15) is 0 Å². The summed E-state index contributed by atoms with van der Waals surface area (Å²) in [7, 11) is 0. The van der Waals surface area contributed by atoms with E-state index in [0.717, 1.165) is 6.42 Å². The molecule has 0 radical (unpaired) electrons. The molecule has 0 aliphatic rings. The number of carbonyl (C=O) groups is 1. The number of hydrogen-bond acceptors (Lipinski definition) is 2. The standard InChI is InChI=1S/C5H8NO2.3C4H9.Sn/c1-2-3-4-8-5(6)7;3*1-3-4-2;/h1,3-4H2,(H2,6,7);3*1,3-4H2,2H3;. The molecule has 0 bridgehead atoms. The first-order valence-electron chi connectivity index (χ1n) is 8.62. The van der Waals surface area contributed by atoms with Crippen LogP contribution in [0.1, 0.15) is 65.7 Å². The van der Waals surface area contributed by atoms with Gasteiger partial charge < -0.3 is 0 Å². The number of nitrogens with two attached hydrogens (primary N) is 1. The first-order chi connectivity index (χ1) is 10.0. The van der Waals surface area contributed by atoms with Gasteiger partial charge in [-0.25, -0.2) is 0 Å². The van der Waals surface area contributed by atoms with Gasteiger partial charge in [0.15, 0.2) is 0 Å². The van der Waals surface area contributed by atoms with Gasteiger partial charge in [0.2, 0.25) is 0 Å². The summed E-state index contributed by atoms with van der Waals surface area (Å²) >= 11 is -2.32. The van der Waals surface area contributed by atoms with E-state index in [0.29, 0.717) is 6.61 Å². The van der Waals surface area contributed by atoms with Crippen LogP contribution in [0.5, 0.6) is 0 Å². The van der Waals surface area contributed by atoms with E-state index in [4.69, 9.17) is 10.5 Å². The summed E-state index contributed by atoms with van der Waals surface area (Å²) in [5.74, 6) is 0. The normalized spacial score (nSPS) is 11.4. The molecule has 0 fully saturated rings.